The van der Waals surface area contributed by atoms with Crippen LogP contribution in [0.15, 0.2) is 36.5 Å². The Labute approximate surface area is 176 Å². The molecule has 0 saturated carbocycles. The number of pyridine rings is 1. The smallest absolute Gasteiger partial charge is 0.246 e. The van der Waals surface area contributed by atoms with Crippen LogP contribution in [0.2, 0.25) is 0 Å². The first kappa shape index (κ1) is 21.3. The van der Waals surface area contributed by atoms with E-state index in [1.165, 1.54) is 18.3 Å². The topological polar surface area (TPSA) is 59.8 Å². The van der Waals surface area contributed by atoms with Crippen molar-refractivity contribution < 1.29 is 31.1 Å². The van der Waals surface area contributed by atoms with Gasteiger partial charge >= 0.3 is 0 Å². The van der Waals surface area contributed by atoms with E-state index in [2.05, 4.69) is 10.1 Å². The summed E-state index contributed by atoms with van der Waals surface area (Å²) in [5, 5.41) is 6.43. The third-order valence-electron chi connectivity index (χ3n) is 4.73. The first-order valence-electron chi connectivity index (χ1n) is 9.08. The zero-order valence-corrected chi connectivity index (χ0v) is 16.2. The van der Waals surface area contributed by atoms with Gasteiger partial charge in [0.25, 0.3) is 0 Å². The summed E-state index contributed by atoms with van der Waals surface area (Å²) in [5.41, 5.74) is 0.541. The fourth-order valence-corrected chi connectivity index (χ4v) is 3.29. The molecule has 4 aromatic rings. The van der Waals surface area contributed by atoms with Crippen molar-refractivity contribution in [2.75, 3.05) is 5.32 Å². The second-order valence-corrected chi connectivity index (χ2v) is 6.80. The van der Waals surface area contributed by atoms with Crippen molar-refractivity contribution in [3.8, 4) is 11.1 Å². The molecule has 0 unspecified atom stereocenters. The Bertz CT molecular complexity index is 1340. The largest absolute Gasteiger partial charge is 0.319 e. The lowest BCUT2D eigenvalue weighted by Crippen LogP contribution is -2.22. The molecule has 0 spiro atoms. The number of aromatic nitrogens is 3. The highest BCUT2D eigenvalue weighted by atomic mass is 19.2. The maximum atomic E-state index is 13.8. The maximum Gasteiger partial charge on any atom is 0.246 e. The van der Waals surface area contributed by atoms with Gasteiger partial charge in [0.15, 0.2) is 28.9 Å². The van der Waals surface area contributed by atoms with E-state index in [0.717, 1.165) is 4.68 Å². The number of carbonyl (C=O) groups excluding carboxylic acids is 1. The fourth-order valence-electron chi connectivity index (χ4n) is 3.29. The SMILES string of the molecule is Cc1nn(CC(=O)Nc2c(F)c(F)c(F)c(F)c2F)c2nccc(-c3ccc(F)cc3)c12. The molecule has 2 aromatic heterocycles. The van der Waals surface area contributed by atoms with Crippen LogP contribution in [0.1, 0.15) is 5.69 Å². The Morgan fingerprint density at radius 1 is 0.906 bits per heavy atom. The minimum atomic E-state index is -2.33. The highest BCUT2D eigenvalue weighted by Gasteiger charge is 2.27. The summed E-state index contributed by atoms with van der Waals surface area (Å²) in [6.45, 7) is 1.01. The van der Waals surface area contributed by atoms with Crippen LogP contribution in [-0.4, -0.2) is 20.7 Å². The number of nitrogens with one attached hydrogen (secondary N) is 1. The van der Waals surface area contributed by atoms with E-state index in [9.17, 15) is 31.1 Å². The molecule has 4 rings (SSSR count). The number of hydrogen-bond acceptors (Lipinski definition) is 3. The number of halogens is 6. The molecule has 0 aliphatic carbocycles. The molecule has 0 saturated heterocycles. The third-order valence-corrected chi connectivity index (χ3v) is 4.73. The standard InChI is InChI=1S/C21H12F6N4O/c1-9-14-12(10-2-4-11(22)5-3-10)6-7-28-21(14)31(30-9)8-13(32)29-20-18(26)16(24)15(23)17(25)19(20)27/h2-7H,8H2,1H3,(H,29,32). The van der Waals surface area contributed by atoms with Crippen molar-refractivity contribution in [1.29, 1.82) is 0 Å². The Balaban J connectivity index is 1.68. The van der Waals surface area contributed by atoms with Gasteiger partial charge in [-0.05, 0) is 36.2 Å². The molecule has 0 radical (unpaired) electrons. The van der Waals surface area contributed by atoms with Crippen LogP contribution in [-0.2, 0) is 11.3 Å². The van der Waals surface area contributed by atoms with Crippen molar-refractivity contribution >= 4 is 22.6 Å². The summed E-state index contributed by atoms with van der Waals surface area (Å²) in [6, 6.07) is 7.33. The molecule has 0 atom stereocenters. The molecular formula is C21H12F6N4O. The molecule has 11 heteroatoms. The second-order valence-electron chi connectivity index (χ2n) is 6.80. The van der Waals surface area contributed by atoms with E-state index >= 15 is 0 Å². The molecule has 0 fully saturated rings. The van der Waals surface area contributed by atoms with Gasteiger partial charge in [-0.25, -0.2) is 36.0 Å². The quantitative estimate of drug-likeness (QED) is 0.274. The number of benzene rings is 2. The number of rotatable bonds is 4. The van der Waals surface area contributed by atoms with Crippen LogP contribution in [0.25, 0.3) is 22.2 Å². The summed E-state index contributed by atoms with van der Waals surface area (Å²) >= 11 is 0. The van der Waals surface area contributed by atoms with Crippen LogP contribution in [0.3, 0.4) is 0 Å². The lowest BCUT2D eigenvalue weighted by Gasteiger charge is -2.10. The Kier molecular flexibility index (Phi) is 5.33. The third kappa shape index (κ3) is 3.55. The average molecular weight is 450 g/mol. The van der Waals surface area contributed by atoms with E-state index in [0.29, 0.717) is 22.2 Å². The molecule has 2 aromatic carbocycles. The van der Waals surface area contributed by atoms with Crippen LogP contribution in [0.4, 0.5) is 32.0 Å². The molecule has 1 amide bonds. The van der Waals surface area contributed by atoms with Crippen molar-refractivity contribution in [3.63, 3.8) is 0 Å². The number of hydrogen-bond donors (Lipinski definition) is 1. The Morgan fingerprint density at radius 3 is 2.12 bits per heavy atom. The van der Waals surface area contributed by atoms with Crippen LogP contribution < -0.4 is 5.32 Å². The highest BCUT2D eigenvalue weighted by molar-refractivity contribution is 5.96. The predicted molar refractivity (Wildman–Crippen MR) is 103 cm³/mol. The van der Waals surface area contributed by atoms with Crippen molar-refractivity contribution in [1.82, 2.24) is 14.8 Å². The number of aryl methyl sites for hydroxylation is 1. The molecule has 32 heavy (non-hydrogen) atoms. The van der Waals surface area contributed by atoms with Gasteiger partial charge in [0.2, 0.25) is 11.7 Å². The number of nitrogens with zero attached hydrogens (tertiary/aromatic N) is 3. The first-order chi connectivity index (χ1) is 15.2. The molecular weight excluding hydrogens is 438 g/mol. The molecule has 1 N–H and O–H groups in total. The monoisotopic (exact) mass is 450 g/mol. The Morgan fingerprint density at radius 2 is 1.50 bits per heavy atom. The summed E-state index contributed by atoms with van der Waals surface area (Å²) in [5.74, 6) is -12.5. The first-order valence-corrected chi connectivity index (χ1v) is 9.08. The zero-order chi connectivity index (χ0) is 23.2. The average Bonchev–Trinajstić information content (AvgIpc) is 3.10. The normalized spacial score (nSPS) is 11.2. The summed E-state index contributed by atoms with van der Waals surface area (Å²) in [7, 11) is 0. The summed E-state index contributed by atoms with van der Waals surface area (Å²) in [6.07, 6.45) is 1.43. The van der Waals surface area contributed by atoms with Gasteiger partial charge in [0.1, 0.15) is 18.0 Å². The van der Waals surface area contributed by atoms with Gasteiger partial charge in [-0.3, -0.25) is 4.79 Å². The van der Waals surface area contributed by atoms with Crippen molar-refractivity contribution in [2.24, 2.45) is 0 Å². The van der Waals surface area contributed by atoms with Crippen molar-refractivity contribution in [2.45, 2.75) is 13.5 Å². The van der Waals surface area contributed by atoms with Gasteiger partial charge in [0.05, 0.1) is 5.69 Å². The molecule has 0 bridgehead atoms. The van der Waals surface area contributed by atoms with E-state index < -0.39 is 53.0 Å². The Hall–Kier alpha value is -3.89. The maximum absolute atomic E-state index is 13.8. The van der Waals surface area contributed by atoms with Gasteiger partial charge in [-0.1, -0.05) is 12.1 Å². The fraction of sp³-hybridized carbons (Fsp3) is 0.0952. The van der Waals surface area contributed by atoms with Crippen LogP contribution >= 0.6 is 0 Å². The van der Waals surface area contributed by atoms with Gasteiger partial charge in [0, 0.05) is 11.6 Å². The minimum absolute atomic E-state index is 0.233. The summed E-state index contributed by atoms with van der Waals surface area (Å²) < 4.78 is 81.9. The van der Waals surface area contributed by atoms with Crippen LogP contribution in [0, 0.1) is 41.8 Å². The number of fused-ring (bicyclic) bond motifs is 1. The summed E-state index contributed by atoms with van der Waals surface area (Å²) in [4.78, 5) is 16.5. The lowest BCUT2D eigenvalue weighted by atomic mass is 10.0. The number of anilines is 1. The van der Waals surface area contributed by atoms with E-state index in [1.54, 1.807) is 30.4 Å². The lowest BCUT2D eigenvalue weighted by molar-refractivity contribution is -0.116. The van der Waals surface area contributed by atoms with Crippen LogP contribution in [0.5, 0.6) is 0 Å². The zero-order valence-electron chi connectivity index (χ0n) is 16.2. The molecule has 2 heterocycles. The van der Waals surface area contributed by atoms with E-state index in [1.807, 2.05) is 0 Å². The second kappa shape index (κ2) is 7.98. The predicted octanol–water partition coefficient (Wildman–Crippen LogP) is 4.88. The number of carbonyl (C=O) groups is 1. The van der Waals surface area contributed by atoms with Gasteiger partial charge in [-0.2, -0.15) is 5.10 Å². The molecule has 0 aliphatic heterocycles. The van der Waals surface area contributed by atoms with Crippen molar-refractivity contribution in [3.05, 3.63) is 77.1 Å². The highest BCUT2D eigenvalue weighted by Crippen LogP contribution is 2.30. The number of amides is 1. The van der Waals surface area contributed by atoms with E-state index in [-0.39, 0.29) is 5.65 Å². The van der Waals surface area contributed by atoms with Gasteiger partial charge < -0.3 is 5.32 Å². The minimum Gasteiger partial charge on any atom is -0.319 e. The van der Waals surface area contributed by atoms with E-state index in [4.69, 9.17) is 0 Å². The molecule has 164 valence electrons. The molecule has 5 nitrogen and oxygen atoms in total. The van der Waals surface area contributed by atoms with Gasteiger partial charge in [-0.15, -0.1) is 0 Å². The molecule has 0 aliphatic rings.